The summed E-state index contributed by atoms with van der Waals surface area (Å²) in [7, 11) is -3.56. The highest BCUT2D eigenvalue weighted by molar-refractivity contribution is 9.11. The maximum Gasteiger partial charge on any atom is 0.271 e. The minimum absolute atomic E-state index is 0.240. The van der Waals surface area contributed by atoms with Crippen molar-refractivity contribution < 1.29 is 8.42 Å². The summed E-state index contributed by atoms with van der Waals surface area (Å²) < 4.78 is 27.4. The topological polar surface area (TPSA) is 46.2 Å². The summed E-state index contributed by atoms with van der Waals surface area (Å²) in [5.74, 6) is 0. The van der Waals surface area contributed by atoms with Crippen molar-refractivity contribution in [1.29, 1.82) is 0 Å². The molecule has 0 aliphatic rings. The Morgan fingerprint density at radius 3 is 2.47 bits per heavy atom. The first-order valence-electron chi connectivity index (χ1n) is 4.52. The van der Waals surface area contributed by atoms with Crippen molar-refractivity contribution in [2.45, 2.75) is 4.21 Å². The molecule has 0 saturated heterocycles. The molecule has 0 spiro atoms. The molecule has 0 amide bonds. The fourth-order valence-corrected chi connectivity index (χ4v) is 4.51. The van der Waals surface area contributed by atoms with E-state index in [1.54, 1.807) is 30.3 Å². The van der Waals surface area contributed by atoms with Gasteiger partial charge in [-0.05, 0) is 40.2 Å². The van der Waals surface area contributed by atoms with E-state index < -0.39 is 10.0 Å². The molecule has 0 radical (unpaired) electrons. The third kappa shape index (κ3) is 3.01. The zero-order valence-electron chi connectivity index (χ0n) is 8.35. The summed E-state index contributed by atoms with van der Waals surface area (Å²) in [6, 6.07) is 9.92. The lowest BCUT2D eigenvalue weighted by atomic mass is 10.3. The maximum absolute atomic E-state index is 12.0. The van der Waals surface area contributed by atoms with E-state index in [0.717, 1.165) is 15.1 Å². The summed E-state index contributed by atoms with van der Waals surface area (Å²) in [6.45, 7) is 0. The lowest BCUT2D eigenvalue weighted by Crippen LogP contribution is -2.11. The van der Waals surface area contributed by atoms with Crippen LogP contribution in [0, 0.1) is 0 Å². The Balaban J connectivity index is 2.33. The molecule has 0 aliphatic carbocycles. The van der Waals surface area contributed by atoms with E-state index in [4.69, 9.17) is 11.6 Å². The van der Waals surface area contributed by atoms with E-state index in [2.05, 4.69) is 20.7 Å². The minimum atomic E-state index is -3.56. The van der Waals surface area contributed by atoms with Crippen molar-refractivity contribution in [3.8, 4) is 0 Å². The van der Waals surface area contributed by atoms with Gasteiger partial charge in [0, 0.05) is 0 Å². The van der Waals surface area contributed by atoms with Crippen molar-refractivity contribution in [3.05, 3.63) is 45.2 Å². The molecule has 3 nitrogen and oxygen atoms in total. The van der Waals surface area contributed by atoms with Gasteiger partial charge in [-0.15, -0.1) is 11.3 Å². The average Bonchev–Trinajstić information content (AvgIpc) is 2.69. The molecule has 2 aromatic rings. The number of hydrogen-bond acceptors (Lipinski definition) is 3. The van der Waals surface area contributed by atoms with Crippen LogP contribution in [0.25, 0.3) is 0 Å². The van der Waals surface area contributed by atoms with Gasteiger partial charge in [0.2, 0.25) is 0 Å². The molecule has 1 aromatic heterocycles. The van der Waals surface area contributed by atoms with Crippen LogP contribution >= 0.6 is 38.9 Å². The van der Waals surface area contributed by atoms with Crippen molar-refractivity contribution >= 4 is 54.6 Å². The molecule has 17 heavy (non-hydrogen) atoms. The first kappa shape index (κ1) is 12.9. The van der Waals surface area contributed by atoms with Gasteiger partial charge in [0.1, 0.15) is 4.21 Å². The largest absolute Gasteiger partial charge is 0.277 e. The zero-order chi connectivity index (χ0) is 12.5. The van der Waals surface area contributed by atoms with Crippen LogP contribution in [0.4, 0.5) is 5.69 Å². The Labute approximate surface area is 117 Å². The van der Waals surface area contributed by atoms with E-state index in [-0.39, 0.29) is 4.21 Å². The van der Waals surface area contributed by atoms with E-state index >= 15 is 0 Å². The summed E-state index contributed by atoms with van der Waals surface area (Å²) >= 11 is 10.3. The van der Waals surface area contributed by atoms with Crippen molar-refractivity contribution in [2.75, 3.05) is 4.72 Å². The van der Waals surface area contributed by atoms with E-state index in [9.17, 15) is 8.42 Å². The zero-order valence-corrected chi connectivity index (χ0v) is 12.3. The molecule has 0 aliphatic heterocycles. The molecule has 0 unspecified atom stereocenters. The predicted molar refractivity (Wildman–Crippen MR) is 74.3 cm³/mol. The van der Waals surface area contributed by atoms with Gasteiger partial charge in [-0.25, -0.2) is 8.42 Å². The fraction of sp³-hybridized carbons (Fsp3) is 0. The van der Waals surface area contributed by atoms with Gasteiger partial charge in [-0.2, -0.15) is 0 Å². The molecule has 0 atom stereocenters. The molecule has 0 fully saturated rings. The third-order valence-electron chi connectivity index (χ3n) is 1.93. The van der Waals surface area contributed by atoms with Crippen LogP contribution in [0.15, 0.2) is 44.4 Å². The average molecular weight is 353 g/mol. The Morgan fingerprint density at radius 1 is 1.18 bits per heavy atom. The summed E-state index contributed by atoms with van der Waals surface area (Å²) in [6.07, 6.45) is 0. The van der Waals surface area contributed by atoms with Crippen molar-refractivity contribution in [2.24, 2.45) is 0 Å². The van der Waals surface area contributed by atoms with Crippen LogP contribution in [0.3, 0.4) is 0 Å². The highest BCUT2D eigenvalue weighted by Gasteiger charge is 2.17. The Bertz CT molecular complexity index is 639. The van der Waals surface area contributed by atoms with Gasteiger partial charge in [0.05, 0.1) is 14.5 Å². The van der Waals surface area contributed by atoms with E-state index in [0.29, 0.717) is 10.7 Å². The Kier molecular flexibility index (Phi) is 3.77. The minimum Gasteiger partial charge on any atom is -0.277 e. The fourth-order valence-electron chi connectivity index (χ4n) is 1.18. The standard InChI is InChI=1S/C10H7BrClNO2S2/c11-9-5-6-10(16-9)17(14,15)13-8-4-2-1-3-7(8)12/h1-6,13H. The predicted octanol–water partition coefficient (Wildman–Crippen LogP) is 3.96. The lowest BCUT2D eigenvalue weighted by molar-refractivity contribution is 0.603. The van der Waals surface area contributed by atoms with Crippen molar-refractivity contribution in [1.82, 2.24) is 0 Å². The number of hydrogen-bond donors (Lipinski definition) is 1. The Hall–Kier alpha value is -0.560. The van der Waals surface area contributed by atoms with Gasteiger partial charge in [0.15, 0.2) is 0 Å². The highest BCUT2D eigenvalue weighted by Crippen LogP contribution is 2.29. The molecular formula is C10H7BrClNO2S2. The molecule has 1 aromatic carbocycles. The first-order valence-corrected chi connectivity index (χ1v) is 7.99. The number of nitrogens with one attached hydrogen (secondary N) is 1. The van der Waals surface area contributed by atoms with Crippen LogP contribution in [-0.2, 0) is 10.0 Å². The smallest absolute Gasteiger partial charge is 0.271 e. The second-order valence-corrected chi connectivity index (χ2v) is 7.92. The summed E-state index contributed by atoms with van der Waals surface area (Å²) in [5.41, 5.74) is 0.374. The normalized spacial score (nSPS) is 11.4. The molecule has 2 rings (SSSR count). The summed E-state index contributed by atoms with van der Waals surface area (Å²) in [5, 5.41) is 0.367. The number of anilines is 1. The second kappa shape index (κ2) is 4.97. The number of benzene rings is 1. The van der Waals surface area contributed by atoms with Crippen LogP contribution in [0.2, 0.25) is 5.02 Å². The van der Waals surface area contributed by atoms with Crippen LogP contribution < -0.4 is 4.72 Å². The Morgan fingerprint density at radius 2 is 1.88 bits per heavy atom. The van der Waals surface area contributed by atoms with Gasteiger partial charge in [-0.3, -0.25) is 4.72 Å². The van der Waals surface area contributed by atoms with E-state index in [1.165, 1.54) is 6.07 Å². The number of thiophene rings is 1. The molecular weight excluding hydrogens is 346 g/mol. The van der Waals surface area contributed by atoms with Gasteiger partial charge in [0.25, 0.3) is 10.0 Å². The highest BCUT2D eigenvalue weighted by atomic mass is 79.9. The van der Waals surface area contributed by atoms with Crippen LogP contribution in [-0.4, -0.2) is 8.42 Å². The van der Waals surface area contributed by atoms with Crippen LogP contribution in [0.1, 0.15) is 0 Å². The van der Waals surface area contributed by atoms with Crippen molar-refractivity contribution in [3.63, 3.8) is 0 Å². The quantitative estimate of drug-likeness (QED) is 0.908. The van der Waals surface area contributed by atoms with E-state index in [1.807, 2.05) is 0 Å². The molecule has 1 N–H and O–H groups in total. The SMILES string of the molecule is O=S(=O)(Nc1ccccc1Cl)c1ccc(Br)s1. The summed E-state index contributed by atoms with van der Waals surface area (Å²) in [4.78, 5) is 0. The van der Waals surface area contributed by atoms with Gasteiger partial charge < -0.3 is 0 Å². The van der Waals surface area contributed by atoms with Gasteiger partial charge in [-0.1, -0.05) is 23.7 Å². The number of para-hydroxylation sites is 1. The van der Waals surface area contributed by atoms with Crippen LogP contribution in [0.5, 0.6) is 0 Å². The molecule has 7 heteroatoms. The molecule has 1 heterocycles. The number of sulfonamides is 1. The second-order valence-electron chi connectivity index (χ2n) is 3.14. The van der Waals surface area contributed by atoms with Gasteiger partial charge >= 0.3 is 0 Å². The number of halogens is 2. The molecule has 0 bridgehead atoms. The maximum atomic E-state index is 12.0. The number of rotatable bonds is 3. The lowest BCUT2D eigenvalue weighted by Gasteiger charge is -2.07. The first-order chi connectivity index (χ1) is 7.99. The third-order valence-corrected chi connectivity index (χ3v) is 5.74. The molecule has 90 valence electrons. The molecule has 0 saturated carbocycles. The monoisotopic (exact) mass is 351 g/mol.